The van der Waals surface area contributed by atoms with E-state index in [9.17, 15) is 0 Å². The van der Waals surface area contributed by atoms with E-state index in [1.165, 1.54) is 5.56 Å². The highest BCUT2D eigenvalue weighted by Gasteiger charge is 1.95. The second kappa shape index (κ2) is 6.67. The Morgan fingerprint density at radius 2 is 2.00 bits per heavy atom. The van der Waals surface area contributed by atoms with Gasteiger partial charge in [0.2, 0.25) is 0 Å². The summed E-state index contributed by atoms with van der Waals surface area (Å²) >= 11 is 0. The maximum atomic E-state index is 5.69. The molecule has 0 N–H and O–H groups in total. The number of ether oxygens (including phenoxy) is 1. The van der Waals surface area contributed by atoms with Gasteiger partial charge in [0, 0.05) is 0 Å². The fourth-order valence-electron chi connectivity index (χ4n) is 1.29. The van der Waals surface area contributed by atoms with Crippen LogP contribution in [0.4, 0.5) is 0 Å². The van der Waals surface area contributed by atoms with E-state index < -0.39 is 0 Å². The highest BCUT2D eigenvalue weighted by atomic mass is 16.5. The van der Waals surface area contributed by atoms with Crippen LogP contribution in [0.25, 0.3) is 0 Å². The van der Waals surface area contributed by atoms with Crippen molar-refractivity contribution in [2.75, 3.05) is 0 Å². The molecule has 0 heterocycles. The molecule has 0 radical (unpaired) electrons. The van der Waals surface area contributed by atoms with E-state index in [0.29, 0.717) is 6.61 Å². The first-order chi connectivity index (χ1) is 7.72. The van der Waals surface area contributed by atoms with Crippen LogP contribution in [0.3, 0.4) is 0 Å². The van der Waals surface area contributed by atoms with Gasteiger partial charge in [-0.05, 0) is 31.6 Å². The lowest BCUT2D eigenvalue weighted by atomic mass is 10.2. The van der Waals surface area contributed by atoms with Crippen LogP contribution >= 0.6 is 0 Å². The van der Waals surface area contributed by atoms with Crippen LogP contribution in [0, 0.1) is 0 Å². The average Bonchev–Trinajstić information content (AvgIpc) is 2.27. The molecule has 0 saturated heterocycles. The van der Waals surface area contributed by atoms with Gasteiger partial charge >= 0.3 is 0 Å². The summed E-state index contributed by atoms with van der Waals surface area (Å²) in [6, 6.07) is 10.1. The number of hydrogen-bond donors (Lipinski definition) is 0. The summed E-state index contributed by atoms with van der Waals surface area (Å²) in [4.78, 5) is 0. The molecule has 0 unspecified atom stereocenters. The molecule has 0 atom stereocenters. The van der Waals surface area contributed by atoms with Crippen LogP contribution < -0.4 is 0 Å². The lowest BCUT2D eigenvalue weighted by Gasteiger charge is -2.07. The fourth-order valence-corrected chi connectivity index (χ4v) is 1.29. The second-order valence-corrected chi connectivity index (χ2v) is 3.67. The largest absolute Gasteiger partial charge is 0.489 e. The van der Waals surface area contributed by atoms with Gasteiger partial charge in [0.05, 0.1) is 0 Å². The molecule has 0 saturated carbocycles. The smallest absolute Gasteiger partial charge is 0.119 e. The Morgan fingerprint density at radius 1 is 1.31 bits per heavy atom. The molecule has 0 aliphatic carbocycles. The standard InChI is InChI=1S/C15H18O/c1-4-8-15(11-13(2)3)16-12-14-9-6-5-7-10-14/h4-11H,2,12H2,1,3H3/b8-4-,15-11+. The average molecular weight is 214 g/mol. The molecule has 0 amide bonds. The van der Waals surface area contributed by atoms with Crippen molar-refractivity contribution in [3.63, 3.8) is 0 Å². The van der Waals surface area contributed by atoms with Crippen molar-refractivity contribution in [1.29, 1.82) is 0 Å². The molecule has 0 spiro atoms. The van der Waals surface area contributed by atoms with Gasteiger partial charge in [-0.2, -0.15) is 0 Å². The number of rotatable bonds is 5. The SMILES string of the molecule is C=C(C)/C=C(\C=C/C)OCc1ccccc1. The monoisotopic (exact) mass is 214 g/mol. The summed E-state index contributed by atoms with van der Waals surface area (Å²) in [5.41, 5.74) is 2.15. The molecule has 1 rings (SSSR count). The summed E-state index contributed by atoms with van der Waals surface area (Å²) in [5.74, 6) is 0.846. The lowest BCUT2D eigenvalue weighted by molar-refractivity contribution is 0.211. The van der Waals surface area contributed by atoms with Crippen LogP contribution in [0.2, 0.25) is 0 Å². The lowest BCUT2D eigenvalue weighted by Crippen LogP contribution is -1.91. The molecule has 1 nitrogen and oxygen atoms in total. The molecule has 0 fully saturated rings. The fraction of sp³-hybridized carbons (Fsp3) is 0.200. The molecule has 0 aliphatic heterocycles. The Kier molecular flexibility index (Phi) is 5.13. The van der Waals surface area contributed by atoms with Crippen molar-refractivity contribution in [2.45, 2.75) is 20.5 Å². The Morgan fingerprint density at radius 3 is 2.56 bits per heavy atom. The van der Waals surface area contributed by atoms with Crippen molar-refractivity contribution in [3.05, 3.63) is 72.0 Å². The highest BCUT2D eigenvalue weighted by Crippen LogP contribution is 2.09. The number of allylic oxidation sites excluding steroid dienone is 4. The molecule has 1 heteroatoms. The predicted molar refractivity (Wildman–Crippen MR) is 68.9 cm³/mol. The third-order valence-corrected chi connectivity index (χ3v) is 1.97. The van der Waals surface area contributed by atoms with Gasteiger partial charge < -0.3 is 4.74 Å². The van der Waals surface area contributed by atoms with E-state index in [1.807, 2.05) is 62.4 Å². The molecule has 84 valence electrons. The number of benzene rings is 1. The van der Waals surface area contributed by atoms with Gasteiger partial charge in [-0.1, -0.05) is 48.6 Å². The van der Waals surface area contributed by atoms with Gasteiger partial charge in [-0.25, -0.2) is 0 Å². The summed E-state index contributed by atoms with van der Waals surface area (Å²) in [7, 11) is 0. The summed E-state index contributed by atoms with van der Waals surface area (Å²) in [5, 5.41) is 0. The summed E-state index contributed by atoms with van der Waals surface area (Å²) in [6.07, 6.45) is 5.83. The van der Waals surface area contributed by atoms with E-state index >= 15 is 0 Å². The van der Waals surface area contributed by atoms with Crippen LogP contribution in [0.1, 0.15) is 19.4 Å². The van der Waals surface area contributed by atoms with Gasteiger partial charge in [0.25, 0.3) is 0 Å². The molecule has 0 aromatic heterocycles. The van der Waals surface area contributed by atoms with Gasteiger partial charge in [0.1, 0.15) is 12.4 Å². The Labute approximate surface area is 97.8 Å². The van der Waals surface area contributed by atoms with E-state index in [2.05, 4.69) is 6.58 Å². The Hall–Kier alpha value is -1.76. The maximum Gasteiger partial charge on any atom is 0.119 e. The Balaban J connectivity index is 2.61. The summed E-state index contributed by atoms with van der Waals surface area (Å²) in [6.45, 7) is 8.35. The summed E-state index contributed by atoms with van der Waals surface area (Å²) < 4.78 is 5.69. The van der Waals surface area contributed by atoms with Crippen LogP contribution in [-0.4, -0.2) is 0 Å². The van der Waals surface area contributed by atoms with Crippen molar-refractivity contribution in [3.8, 4) is 0 Å². The van der Waals surface area contributed by atoms with Crippen molar-refractivity contribution in [1.82, 2.24) is 0 Å². The Bertz CT molecular complexity index is 385. The topological polar surface area (TPSA) is 9.23 Å². The van der Waals surface area contributed by atoms with Crippen molar-refractivity contribution >= 4 is 0 Å². The zero-order chi connectivity index (χ0) is 11.8. The molecular formula is C15H18O. The number of hydrogen-bond acceptors (Lipinski definition) is 1. The van der Waals surface area contributed by atoms with Gasteiger partial charge in [0.15, 0.2) is 0 Å². The quantitative estimate of drug-likeness (QED) is 0.526. The third kappa shape index (κ3) is 4.65. The van der Waals surface area contributed by atoms with Gasteiger partial charge in [-0.15, -0.1) is 0 Å². The van der Waals surface area contributed by atoms with E-state index in [-0.39, 0.29) is 0 Å². The minimum Gasteiger partial charge on any atom is -0.489 e. The van der Waals surface area contributed by atoms with E-state index in [0.717, 1.165) is 11.3 Å². The van der Waals surface area contributed by atoms with Gasteiger partial charge in [-0.3, -0.25) is 0 Å². The van der Waals surface area contributed by atoms with Crippen molar-refractivity contribution in [2.24, 2.45) is 0 Å². The van der Waals surface area contributed by atoms with Crippen LogP contribution in [0.15, 0.2) is 66.5 Å². The zero-order valence-electron chi connectivity index (χ0n) is 9.94. The highest BCUT2D eigenvalue weighted by molar-refractivity contribution is 5.23. The minimum absolute atomic E-state index is 0.588. The minimum atomic E-state index is 0.588. The van der Waals surface area contributed by atoms with Crippen molar-refractivity contribution < 1.29 is 4.74 Å². The predicted octanol–water partition coefficient (Wildman–Crippen LogP) is 4.24. The second-order valence-electron chi connectivity index (χ2n) is 3.67. The van der Waals surface area contributed by atoms with E-state index in [4.69, 9.17) is 4.74 Å². The first-order valence-electron chi connectivity index (χ1n) is 5.39. The first kappa shape index (κ1) is 12.3. The normalized spacial score (nSPS) is 11.8. The molecule has 16 heavy (non-hydrogen) atoms. The maximum absolute atomic E-state index is 5.69. The molecule has 0 bridgehead atoms. The van der Waals surface area contributed by atoms with E-state index in [1.54, 1.807) is 0 Å². The molecular weight excluding hydrogens is 196 g/mol. The molecule has 0 aliphatic rings. The molecule has 1 aromatic carbocycles. The zero-order valence-corrected chi connectivity index (χ0v) is 9.94. The van der Waals surface area contributed by atoms with Crippen LogP contribution in [-0.2, 0) is 11.3 Å². The van der Waals surface area contributed by atoms with Crippen LogP contribution in [0.5, 0.6) is 0 Å². The third-order valence-electron chi connectivity index (χ3n) is 1.97. The molecule has 1 aromatic rings. The first-order valence-corrected chi connectivity index (χ1v) is 5.39.